The van der Waals surface area contributed by atoms with Gasteiger partial charge in [0.15, 0.2) is 17.3 Å². The van der Waals surface area contributed by atoms with Gasteiger partial charge in [-0.3, -0.25) is 4.79 Å². The van der Waals surface area contributed by atoms with Crippen molar-refractivity contribution in [2.75, 3.05) is 20.8 Å². The van der Waals surface area contributed by atoms with Gasteiger partial charge < -0.3 is 18.9 Å². The maximum atomic E-state index is 12.5. The van der Waals surface area contributed by atoms with E-state index in [9.17, 15) is 9.59 Å². The molecule has 0 saturated carbocycles. The zero-order chi connectivity index (χ0) is 20.7. The molecule has 0 unspecified atom stereocenters. The van der Waals surface area contributed by atoms with E-state index in [1.54, 1.807) is 36.4 Å². The molecule has 0 heterocycles. The number of ketones is 1. The van der Waals surface area contributed by atoms with E-state index in [0.29, 0.717) is 46.5 Å². The predicted octanol–water partition coefficient (Wildman–Crippen LogP) is 4.30. The largest absolute Gasteiger partial charge is 0.496 e. The van der Waals surface area contributed by atoms with E-state index in [0.717, 1.165) is 0 Å². The van der Waals surface area contributed by atoms with Crippen molar-refractivity contribution < 1.29 is 28.5 Å². The molecule has 2 rings (SSSR count). The molecule has 0 aromatic heterocycles. The van der Waals surface area contributed by atoms with Gasteiger partial charge in [0.2, 0.25) is 0 Å². The number of hydrogen-bond donors (Lipinski definition) is 0. The average molecular weight is 386 g/mol. The summed E-state index contributed by atoms with van der Waals surface area (Å²) in [4.78, 5) is 24.0. The molecule has 0 saturated heterocycles. The molecule has 0 atom stereocenters. The molecular formula is C22H26O6. The van der Waals surface area contributed by atoms with Crippen LogP contribution in [0.5, 0.6) is 17.2 Å². The Labute approximate surface area is 165 Å². The summed E-state index contributed by atoms with van der Waals surface area (Å²) in [5, 5.41) is 0. The molecule has 0 spiro atoms. The second-order valence-electron chi connectivity index (χ2n) is 6.73. The van der Waals surface area contributed by atoms with Crippen LogP contribution < -0.4 is 14.2 Å². The molecule has 2 aromatic carbocycles. The third kappa shape index (κ3) is 5.49. The quantitative estimate of drug-likeness (QED) is 0.473. The van der Waals surface area contributed by atoms with Crippen molar-refractivity contribution in [2.24, 2.45) is 5.92 Å². The van der Waals surface area contributed by atoms with Crippen molar-refractivity contribution >= 4 is 11.8 Å². The van der Waals surface area contributed by atoms with Crippen LogP contribution in [0, 0.1) is 5.92 Å². The molecule has 6 nitrogen and oxygen atoms in total. The molecule has 0 radical (unpaired) electrons. The average Bonchev–Trinajstić information content (AvgIpc) is 2.69. The fraction of sp³-hybridized carbons (Fsp3) is 0.364. The summed E-state index contributed by atoms with van der Waals surface area (Å²) in [6.07, 6.45) is 0. The van der Waals surface area contributed by atoms with Crippen LogP contribution in [0.25, 0.3) is 0 Å². The monoisotopic (exact) mass is 386 g/mol. The van der Waals surface area contributed by atoms with Gasteiger partial charge in [-0.1, -0.05) is 13.8 Å². The highest BCUT2D eigenvalue weighted by molar-refractivity contribution is 5.94. The van der Waals surface area contributed by atoms with E-state index in [1.807, 2.05) is 13.8 Å². The Morgan fingerprint density at radius 1 is 0.893 bits per heavy atom. The Kier molecular flexibility index (Phi) is 7.44. The molecule has 150 valence electrons. The van der Waals surface area contributed by atoms with Gasteiger partial charge in [-0.2, -0.15) is 0 Å². The van der Waals surface area contributed by atoms with Crippen LogP contribution in [0.4, 0.5) is 0 Å². The predicted molar refractivity (Wildman–Crippen MR) is 105 cm³/mol. The van der Waals surface area contributed by atoms with Crippen LogP contribution >= 0.6 is 0 Å². The number of esters is 1. The maximum absolute atomic E-state index is 12.5. The molecule has 0 aliphatic carbocycles. The van der Waals surface area contributed by atoms with Gasteiger partial charge in [0.25, 0.3) is 0 Å². The first-order chi connectivity index (χ1) is 13.3. The topological polar surface area (TPSA) is 71.1 Å². The summed E-state index contributed by atoms with van der Waals surface area (Å²) in [5.74, 6) is 1.37. The summed E-state index contributed by atoms with van der Waals surface area (Å²) in [6, 6.07) is 9.93. The third-order valence-corrected chi connectivity index (χ3v) is 4.02. The van der Waals surface area contributed by atoms with Crippen molar-refractivity contribution in [3.63, 3.8) is 0 Å². The third-order valence-electron chi connectivity index (χ3n) is 4.02. The molecule has 0 fully saturated rings. The van der Waals surface area contributed by atoms with Gasteiger partial charge in [0, 0.05) is 11.1 Å². The summed E-state index contributed by atoms with van der Waals surface area (Å²) in [7, 11) is 3.04. The lowest BCUT2D eigenvalue weighted by molar-refractivity contribution is 0.0469. The second kappa shape index (κ2) is 9.78. The maximum Gasteiger partial charge on any atom is 0.338 e. The minimum atomic E-state index is -0.510. The first kappa shape index (κ1) is 21.3. The van der Waals surface area contributed by atoms with Gasteiger partial charge in [0.1, 0.15) is 12.4 Å². The number of carbonyl (C=O) groups is 2. The van der Waals surface area contributed by atoms with Crippen molar-refractivity contribution in [3.05, 3.63) is 53.1 Å². The van der Waals surface area contributed by atoms with Crippen molar-refractivity contribution in [2.45, 2.75) is 27.4 Å². The Morgan fingerprint density at radius 3 is 2.14 bits per heavy atom. The van der Waals surface area contributed by atoms with Gasteiger partial charge in [0.05, 0.1) is 26.4 Å². The number of hydrogen-bond acceptors (Lipinski definition) is 6. The number of Topliss-reactive ketones (excluding diaryl/α,β-unsaturated/α-hetero) is 1. The number of carbonyl (C=O) groups excluding carboxylic acids is 2. The number of rotatable bonds is 9. The lowest BCUT2D eigenvalue weighted by atomic mass is 10.1. The van der Waals surface area contributed by atoms with Crippen LogP contribution in [-0.4, -0.2) is 32.6 Å². The van der Waals surface area contributed by atoms with E-state index >= 15 is 0 Å². The van der Waals surface area contributed by atoms with Crippen LogP contribution in [0.1, 0.15) is 47.1 Å². The van der Waals surface area contributed by atoms with Crippen molar-refractivity contribution in [1.29, 1.82) is 0 Å². The van der Waals surface area contributed by atoms with E-state index in [2.05, 4.69) is 0 Å². The van der Waals surface area contributed by atoms with Crippen LogP contribution in [-0.2, 0) is 11.3 Å². The highest BCUT2D eigenvalue weighted by Crippen LogP contribution is 2.29. The fourth-order valence-electron chi connectivity index (χ4n) is 2.51. The summed E-state index contributed by atoms with van der Waals surface area (Å²) in [6.45, 7) is 6.11. The number of benzene rings is 2. The zero-order valence-corrected chi connectivity index (χ0v) is 16.9. The summed E-state index contributed by atoms with van der Waals surface area (Å²) >= 11 is 0. The van der Waals surface area contributed by atoms with Gasteiger partial charge in [-0.15, -0.1) is 0 Å². The zero-order valence-electron chi connectivity index (χ0n) is 16.9. The van der Waals surface area contributed by atoms with Gasteiger partial charge in [-0.05, 0) is 49.2 Å². The highest BCUT2D eigenvalue weighted by atomic mass is 16.5. The van der Waals surface area contributed by atoms with Crippen LogP contribution in [0.2, 0.25) is 0 Å². The molecule has 0 aliphatic rings. The fourth-order valence-corrected chi connectivity index (χ4v) is 2.51. The van der Waals surface area contributed by atoms with Gasteiger partial charge in [-0.25, -0.2) is 4.79 Å². The van der Waals surface area contributed by atoms with E-state index in [-0.39, 0.29) is 12.4 Å². The van der Waals surface area contributed by atoms with Crippen molar-refractivity contribution in [3.8, 4) is 17.2 Å². The minimum Gasteiger partial charge on any atom is -0.496 e. The Balaban J connectivity index is 2.13. The standard InChI is InChI=1S/C22H26O6/c1-14(2)12-27-20-9-7-17(11-21(20)26-5)22(24)28-13-18-10-16(15(3)23)6-8-19(18)25-4/h6-11,14H,12-13H2,1-5H3. The molecular weight excluding hydrogens is 360 g/mol. The number of methoxy groups -OCH3 is 2. The smallest absolute Gasteiger partial charge is 0.338 e. The molecule has 0 aliphatic heterocycles. The Morgan fingerprint density at radius 2 is 1.54 bits per heavy atom. The van der Waals surface area contributed by atoms with Crippen LogP contribution in [0.15, 0.2) is 36.4 Å². The molecule has 0 amide bonds. The lowest BCUT2D eigenvalue weighted by Gasteiger charge is -2.14. The molecule has 0 N–H and O–H groups in total. The van der Waals surface area contributed by atoms with E-state index < -0.39 is 5.97 Å². The molecule has 6 heteroatoms. The molecule has 28 heavy (non-hydrogen) atoms. The number of ether oxygens (including phenoxy) is 4. The first-order valence-electron chi connectivity index (χ1n) is 9.01. The molecule has 2 aromatic rings. The minimum absolute atomic E-state index is 0.0168. The SMILES string of the molecule is COc1ccc(C(C)=O)cc1COC(=O)c1ccc(OCC(C)C)c(OC)c1. The van der Waals surface area contributed by atoms with E-state index in [4.69, 9.17) is 18.9 Å². The highest BCUT2D eigenvalue weighted by Gasteiger charge is 2.15. The van der Waals surface area contributed by atoms with Crippen LogP contribution in [0.3, 0.4) is 0 Å². The second-order valence-corrected chi connectivity index (χ2v) is 6.73. The first-order valence-corrected chi connectivity index (χ1v) is 9.01. The Bertz CT molecular complexity index is 841. The normalized spacial score (nSPS) is 10.5. The summed E-state index contributed by atoms with van der Waals surface area (Å²) in [5.41, 5.74) is 1.49. The lowest BCUT2D eigenvalue weighted by Crippen LogP contribution is -2.09. The van der Waals surface area contributed by atoms with E-state index in [1.165, 1.54) is 21.1 Å². The van der Waals surface area contributed by atoms with Crippen molar-refractivity contribution in [1.82, 2.24) is 0 Å². The Hall–Kier alpha value is -3.02. The molecule has 0 bridgehead atoms. The van der Waals surface area contributed by atoms with Gasteiger partial charge >= 0.3 is 5.97 Å². The summed E-state index contributed by atoms with van der Waals surface area (Å²) < 4.78 is 21.7.